The summed E-state index contributed by atoms with van der Waals surface area (Å²) in [5.74, 6) is 0.555. The fourth-order valence-electron chi connectivity index (χ4n) is 1.96. The molecule has 0 saturated heterocycles. The summed E-state index contributed by atoms with van der Waals surface area (Å²) in [6, 6.07) is 3.51. The summed E-state index contributed by atoms with van der Waals surface area (Å²) >= 11 is 0. The minimum atomic E-state index is -0.448. The number of nitrogens with zero attached hydrogens (tertiary/aromatic N) is 1. The van der Waals surface area contributed by atoms with Crippen LogP contribution in [0.2, 0.25) is 0 Å². The van der Waals surface area contributed by atoms with E-state index in [1.54, 1.807) is 12.1 Å². The van der Waals surface area contributed by atoms with Crippen LogP contribution in [0, 0.1) is 6.92 Å². The number of aliphatic imine (C=N–C) groups is 1. The summed E-state index contributed by atoms with van der Waals surface area (Å²) in [5.41, 5.74) is 1.24. The lowest BCUT2D eigenvalue weighted by Crippen LogP contribution is -2.03. The quantitative estimate of drug-likeness (QED) is 0.625. The van der Waals surface area contributed by atoms with E-state index in [-0.39, 0.29) is 5.75 Å². The summed E-state index contributed by atoms with van der Waals surface area (Å²) in [5, 5.41) is 9.77. The molecule has 0 radical (unpaired) electrons. The van der Waals surface area contributed by atoms with E-state index in [4.69, 9.17) is 4.74 Å². The summed E-state index contributed by atoms with van der Waals surface area (Å²) in [4.78, 5) is 14.2. The number of ether oxygens (including phenoxy) is 1. The third-order valence-corrected chi connectivity index (χ3v) is 2.98. The first kappa shape index (κ1) is 10.7. The number of aryl methyl sites for hydroxylation is 1. The average Bonchev–Trinajstić information content (AvgIpc) is 2.99. The first-order chi connectivity index (χ1) is 7.63. The molecule has 1 aromatic carbocycles. The zero-order valence-electron chi connectivity index (χ0n) is 9.28. The molecule has 0 aromatic heterocycles. The number of phenols is 1. The molecule has 16 heavy (non-hydrogen) atoms. The molecule has 0 unspecified atom stereocenters. The van der Waals surface area contributed by atoms with Crippen LogP contribution in [-0.2, 0) is 10.3 Å². The number of aromatic hydroxyl groups is 1. The molecule has 2 rings (SSSR count). The van der Waals surface area contributed by atoms with Gasteiger partial charge in [-0.3, -0.25) is 0 Å². The van der Waals surface area contributed by atoms with Crippen molar-refractivity contribution in [3.63, 3.8) is 0 Å². The average molecular weight is 219 g/mol. The Labute approximate surface area is 93.6 Å². The van der Waals surface area contributed by atoms with Crippen LogP contribution in [0.25, 0.3) is 0 Å². The van der Waals surface area contributed by atoms with Crippen LogP contribution in [0.4, 0.5) is 0 Å². The van der Waals surface area contributed by atoms with Crippen LogP contribution in [0.1, 0.15) is 24.0 Å². The summed E-state index contributed by atoms with van der Waals surface area (Å²) in [6.45, 7) is 1.85. The lowest BCUT2D eigenvalue weighted by atomic mass is 10.0. The predicted molar refractivity (Wildman–Crippen MR) is 58.4 cm³/mol. The highest BCUT2D eigenvalue weighted by Crippen LogP contribution is 2.51. The molecule has 4 nitrogen and oxygen atoms in total. The van der Waals surface area contributed by atoms with Crippen LogP contribution in [0.15, 0.2) is 17.1 Å². The monoisotopic (exact) mass is 219 g/mol. The topological polar surface area (TPSA) is 58.9 Å². The van der Waals surface area contributed by atoms with Crippen molar-refractivity contribution in [2.75, 3.05) is 7.11 Å². The van der Waals surface area contributed by atoms with E-state index in [0.717, 1.165) is 24.0 Å². The molecular formula is C12H13NO3. The van der Waals surface area contributed by atoms with Crippen molar-refractivity contribution in [3.8, 4) is 11.5 Å². The van der Waals surface area contributed by atoms with Crippen molar-refractivity contribution < 1.29 is 14.6 Å². The number of phenolic OH excluding ortho intramolecular Hbond substituents is 1. The second-order valence-electron chi connectivity index (χ2n) is 4.08. The van der Waals surface area contributed by atoms with Crippen molar-refractivity contribution in [2.24, 2.45) is 4.99 Å². The zero-order valence-corrected chi connectivity index (χ0v) is 9.28. The molecule has 1 saturated carbocycles. The number of carbonyl (C=O) groups excluding carboxylic acids is 1. The molecule has 0 amide bonds. The van der Waals surface area contributed by atoms with Gasteiger partial charge in [0, 0.05) is 0 Å². The van der Waals surface area contributed by atoms with E-state index in [2.05, 4.69) is 4.99 Å². The number of hydrogen-bond acceptors (Lipinski definition) is 4. The van der Waals surface area contributed by atoms with E-state index >= 15 is 0 Å². The molecule has 1 aliphatic carbocycles. The Bertz CT molecular complexity index is 448. The fourth-order valence-corrected chi connectivity index (χ4v) is 1.96. The van der Waals surface area contributed by atoms with Crippen molar-refractivity contribution in [3.05, 3.63) is 23.3 Å². The minimum Gasteiger partial charge on any atom is -0.504 e. The van der Waals surface area contributed by atoms with Gasteiger partial charge in [-0.1, -0.05) is 0 Å². The molecule has 4 heteroatoms. The van der Waals surface area contributed by atoms with Crippen LogP contribution in [0.3, 0.4) is 0 Å². The van der Waals surface area contributed by atoms with Crippen molar-refractivity contribution in [2.45, 2.75) is 25.3 Å². The molecule has 0 spiro atoms. The third-order valence-electron chi connectivity index (χ3n) is 2.98. The summed E-state index contributed by atoms with van der Waals surface area (Å²) in [6.07, 6.45) is 3.25. The molecule has 84 valence electrons. The molecule has 1 aliphatic rings. The van der Waals surface area contributed by atoms with E-state index < -0.39 is 5.54 Å². The lowest BCUT2D eigenvalue weighted by molar-refractivity contribution is 0.370. The number of hydrogen-bond donors (Lipinski definition) is 1. The largest absolute Gasteiger partial charge is 0.504 e. The normalized spacial score (nSPS) is 16.4. The van der Waals surface area contributed by atoms with Gasteiger partial charge < -0.3 is 9.84 Å². The van der Waals surface area contributed by atoms with E-state index in [9.17, 15) is 9.90 Å². The van der Waals surface area contributed by atoms with Crippen LogP contribution in [0.5, 0.6) is 11.5 Å². The third kappa shape index (κ3) is 1.57. The molecule has 0 aliphatic heterocycles. The van der Waals surface area contributed by atoms with Gasteiger partial charge in [0.05, 0.1) is 12.6 Å². The Balaban J connectivity index is 2.48. The Hall–Kier alpha value is -1.80. The maximum absolute atomic E-state index is 10.3. The van der Waals surface area contributed by atoms with Crippen LogP contribution in [-0.4, -0.2) is 18.3 Å². The fraction of sp³-hybridized carbons (Fsp3) is 0.417. The first-order valence-corrected chi connectivity index (χ1v) is 5.10. The van der Waals surface area contributed by atoms with Gasteiger partial charge in [0.2, 0.25) is 6.08 Å². The maximum Gasteiger partial charge on any atom is 0.235 e. The van der Waals surface area contributed by atoms with E-state index in [1.165, 1.54) is 7.11 Å². The molecule has 1 N–H and O–H groups in total. The molecule has 0 atom stereocenters. The zero-order chi connectivity index (χ0) is 11.8. The van der Waals surface area contributed by atoms with Crippen LogP contribution < -0.4 is 4.74 Å². The molecular weight excluding hydrogens is 206 g/mol. The Morgan fingerprint density at radius 1 is 1.50 bits per heavy atom. The maximum atomic E-state index is 10.3. The summed E-state index contributed by atoms with van der Waals surface area (Å²) in [7, 11) is 1.51. The van der Waals surface area contributed by atoms with Gasteiger partial charge >= 0.3 is 0 Å². The Morgan fingerprint density at radius 2 is 2.19 bits per heavy atom. The highest BCUT2D eigenvalue weighted by Gasteiger charge is 2.45. The number of rotatable bonds is 3. The van der Waals surface area contributed by atoms with Gasteiger partial charge in [0.25, 0.3) is 0 Å². The predicted octanol–water partition coefficient (Wildman–Crippen LogP) is 2.03. The first-order valence-electron chi connectivity index (χ1n) is 5.10. The molecule has 0 bridgehead atoms. The Morgan fingerprint density at radius 3 is 2.62 bits per heavy atom. The molecule has 1 fully saturated rings. The Kier molecular flexibility index (Phi) is 2.44. The van der Waals surface area contributed by atoms with Crippen molar-refractivity contribution >= 4 is 6.08 Å². The summed E-state index contributed by atoms with van der Waals surface area (Å²) < 4.78 is 5.07. The van der Waals surface area contributed by atoms with Crippen LogP contribution >= 0.6 is 0 Å². The highest BCUT2D eigenvalue weighted by molar-refractivity contribution is 5.52. The highest BCUT2D eigenvalue weighted by atomic mass is 16.5. The van der Waals surface area contributed by atoms with Crippen molar-refractivity contribution in [1.29, 1.82) is 0 Å². The van der Waals surface area contributed by atoms with E-state index in [0.29, 0.717) is 5.75 Å². The van der Waals surface area contributed by atoms with Gasteiger partial charge in [0.1, 0.15) is 0 Å². The van der Waals surface area contributed by atoms with Gasteiger partial charge in [-0.05, 0) is 43.0 Å². The smallest absolute Gasteiger partial charge is 0.235 e. The van der Waals surface area contributed by atoms with Gasteiger partial charge in [-0.15, -0.1) is 0 Å². The second-order valence-corrected chi connectivity index (χ2v) is 4.08. The van der Waals surface area contributed by atoms with E-state index in [1.807, 2.05) is 13.0 Å². The molecule has 0 heterocycles. The lowest BCUT2D eigenvalue weighted by Gasteiger charge is -2.13. The van der Waals surface area contributed by atoms with Gasteiger partial charge in [0.15, 0.2) is 11.5 Å². The SMILES string of the molecule is COc1c(C)cc(C2(N=C=O)CC2)cc1O. The molecule has 1 aromatic rings. The van der Waals surface area contributed by atoms with Gasteiger partial charge in [-0.2, -0.15) is 4.99 Å². The van der Waals surface area contributed by atoms with Gasteiger partial charge in [-0.25, -0.2) is 4.79 Å². The number of benzene rings is 1. The second kappa shape index (κ2) is 3.65. The number of isocyanates is 1. The number of methoxy groups -OCH3 is 1. The minimum absolute atomic E-state index is 0.0878. The van der Waals surface area contributed by atoms with Crippen molar-refractivity contribution in [1.82, 2.24) is 0 Å². The standard InChI is InChI=1S/C12H13NO3/c1-8-5-9(6-10(15)11(8)16-2)12(3-4-12)13-7-14/h5-6,15H,3-4H2,1-2H3.